The van der Waals surface area contributed by atoms with Gasteiger partial charge in [0.05, 0.1) is 18.1 Å². The highest BCUT2D eigenvalue weighted by Gasteiger charge is 2.47. The minimum atomic E-state index is -3.68. The van der Waals surface area contributed by atoms with Crippen LogP contribution in [0, 0.1) is 12.3 Å². The third kappa shape index (κ3) is 2.30. The predicted molar refractivity (Wildman–Crippen MR) is 83.2 cm³/mol. The normalized spacial score (nSPS) is 24.4. The van der Waals surface area contributed by atoms with E-state index >= 15 is 0 Å². The number of nitrogens with zero attached hydrogens (tertiary/aromatic N) is 3. The number of sulfonamides is 1. The molecule has 3 N–H and O–H groups in total. The summed E-state index contributed by atoms with van der Waals surface area (Å²) >= 11 is 6.05. The minimum Gasteiger partial charge on any atom is -0.327 e. The fourth-order valence-corrected chi connectivity index (χ4v) is 4.07. The largest absolute Gasteiger partial charge is 0.327 e. The topological polar surface area (TPSA) is 102 Å². The van der Waals surface area contributed by atoms with Crippen molar-refractivity contribution in [2.24, 2.45) is 11.1 Å². The van der Waals surface area contributed by atoms with E-state index in [0.29, 0.717) is 22.8 Å². The summed E-state index contributed by atoms with van der Waals surface area (Å²) in [5.41, 5.74) is 6.69. The fourth-order valence-electron chi connectivity index (χ4n) is 2.55. The summed E-state index contributed by atoms with van der Waals surface area (Å²) in [4.78, 5) is 4.15. The maximum atomic E-state index is 12.5. The Hall–Kier alpha value is -1.22. The van der Waals surface area contributed by atoms with Crippen LogP contribution in [0.3, 0.4) is 0 Å². The number of hydrogen-bond donors (Lipinski definition) is 2. The Kier molecular flexibility index (Phi) is 3.48. The highest BCUT2D eigenvalue weighted by molar-refractivity contribution is 7.89. The van der Waals surface area contributed by atoms with Gasteiger partial charge in [-0.05, 0) is 18.8 Å². The third-order valence-corrected chi connectivity index (χ3v) is 6.37. The van der Waals surface area contributed by atoms with Crippen LogP contribution in [-0.2, 0) is 10.0 Å². The SMILES string of the molecule is Cc1nn2cc(S(=O)(=O)NC3CC(N)C3(C)C)cnc2c1Cl. The van der Waals surface area contributed by atoms with Crippen molar-refractivity contribution in [3.8, 4) is 0 Å². The van der Waals surface area contributed by atoms with Crippen LogP contribution in [0.1, 0.15) is 26.0 Å². The molecule has 7 nitrogen and oxygen atoms in total. The quantitative estimate of drug-likeness (QED) is 0.868. The van der Waals surface area contributed by atoms with Crippen molar-refractivity contribution < 1.29 is 8.42 Å². The molecule has 1 aliphatic rings. The summed E-state index contributed by atoms with van der Waals surface area (Å²) in [5, 5.41) is 4.57. The van der Waals surface area contributed by atoms with Gasteiger partial charge in [0.25, 0.3) is 0 Å². The van der Waals surface area contributed by atoms with Crippen molar-refractivity contribution in [3.05, 3.63) is 23.1 Å². The van der Waals surface area contributed by atoms with Crippen molar-refractivity contribution in [2.75, 3.05) is 0 Å². The number of halogens is 1. The molecule has 0 radical (unpaired) electrons. The maximum absolute atomic E-state index is 12.5. The highest BCUT2D eigenvalue weighted by atomic mass is 35.5. The number of nitrogens with two attached hydrogens (primary N) is 1. The van der Waals surface area contributed by atoms with E-state index in [0.717, 1.165) is 0 Å². The second-order valence-electron chi connectivity index (χ2n) is 6.29. The Bertz CT molecular complexity index is 845. The van der Waals surface area contributed by atoms with Crippen LogP contribution in [-0.4, -0.2) is 35.1 Å². The van der Waals surface area contributed by atoms with E-state index in [4.69, 9.17) is 17.3 Å². The molecular weight excluding hydrogens is 326 g/mol. The van der Waals surface area contributed by atoms with E-state index in [2.05, 4.69) is 14.8 Å². The highest BCUT2D eigenvalue weighted by Crippen LogP contribution is 2.39. The second kappa shape index (κ2) is 4.89. The first-order valence-electron chi connectivity index (χ1n) is 6.91. The van der Waals surface area contributed by atoms with E-state index in [1.165, 1.54) is 16.9 Å². The van der Waals surface area contributed by atoms with Gasteiger partial charge in [-0.3, -0.25) is 0 Å². The van der Waals surface area contributed by atoms with Gasteiger partial charge in [0.1, 0.15) is 9.92 Å². The molecule has 1 saturated carbocycles. The number of aryl methyl sites for hydroxylation is 1. The van der Waals surface area contributed by atoms with Crippen LogP contribution in [0.5, 0.6) is 0 Å². The summed E-state index contributed by atoms with van der Waals surface area (Å²) in [5.74, 6) is 0. The molecule has 0 aromatic carbocycles. The van der Waals surface area contributed by atoms with E-state index in [1.807, 2.05) is 13.8 Å². The van der Waals surface area contributed by atoms with Crippen LogP contribution in [0.4, 0.5) is 0 Å². The fraction of sp³-hybridized carbons (Fsp3) is 0.538. The molecular formula is C13H18ClN5O2S. The molecule has 2 aromatic rings. The van der Waals surface area contributed by atoms with Gasteiger partial charge < -0.3 is 5.73 Å². The van der Waals surface area contributed by atoms with Crippen LogP contribution >= 0.6 is 11.6 Å². The lowest BCUT2D eigenvalue weighted by atomic mass is 9.64. The molecule has 22 heavy (non-hydrogen) atoms. The van der Waals surface area contributed by atoms with Crippen molar-refractivity contribution in [3.63, 3.8) is 0 Å². The lowest BCUT2D eigenvalue weighted by Gasteiger charge is -2.50. The molecule has 0 aliphatic heterocycles. The van der Waals surface area contributed by atoms with Gasteiger partial charge in [0.2, 0.25) is 10.0 Å². The number of aromatic nitrogens is 3. The van der Waals surface area contributed by atoms with Crippen molar-refractivity contribution >= 4 is 27.3 Å². The summed E-state index contributed by atoms with van der Waals surface area (Å²) in [6, 6.07) is -0.195. The molecule has 0 saturated heterocycles. The number of fused-ring (bicyclic) bond motifs is 1. The summed E-state index contributed by atoms with van der Waals surface area (Å²) < 4.78 is 29.1. The smallest absolute Gasteiger partial charge is 0.243 e. The average Bonchev–Trinajstić information content (AvgIpc) is 2.73. The predicted octanol–water partition coefficient (Wildman–Crippen LogP) is 1.10. The monoisotopic (exact) mass is 343 g/mol. The Labute approximate surface area is 133 Å². The Morgan fingerprint density at radius 1 is 1.50 bits per heavy atom. The molecule has 2 heterocycles. The minimum absolute atomic E-state index is 0.00613. The first-order valence-corrected chi connectivity index (χ1v) is 8.77. The van der Waals surface area contributed by atoms with Gasteiger partial charge in [-0.2, -0.15) is 5.10 Å². The van der Waals surface area contributed by atoms with Gasteiger partial charge >= 0.3 is 0 Å². The Morgan fingerprint density at radius 2 is 2.18 bits per heavy atom. The van der Waals surface area contributed by atoms with E-state index in [9.17, 15) is 8.42 Å². The van der Waals surface area contributed by atoms with Crippen LogP contribution in [0.2, 0.25) is 5.02 Å². The van der Waals surface area contributed by atoms with Gasteiger partial charge in [-0.15, -0.1) is 0 Å². The summed E-state index contributed by atoms with van der Waals surface area (Å²) in [7, 11) is -3.68. The molecule has 0 spiro atoms. The molecule has 0 amide bonds. The van der Waals surface area contributed by atoms with Gasteiger partial charge in [0, 0.05) is 12.1 Å². The molecule has 1 aliphatic carbocycles. The van der Waals surface area contributed by atoms with Crippen LogP contribution < -0.4 is 10.5 Å². The maximum Gasteiger partial charge on any atom is 0.243 e. The first kappa shape index (κ1) is 15.7. The molecule has 9 heteroatoms. The van der Waals surface area contributed by atoms with Gasteiger partial charge in [-0.1, -0.05) is 25.4 Å². The van der Waals surface area contributed by atoms with Crippen LogP contribution in [0.25, 0.3) is 5.65 Å². The molecule has 3 rings (SSSR count). The molecule has 2 unspecified atom stereocenters. The van der Waals surface area contributed by atoms with Crippen molar-refractivity contribution in [1.82, 2.24) is 19.3 Å². The summed E-state index contributed by atoms with van der Waals surface area (Å²) in [6.45, 7) is 5.64. The molecule has 0 bridgehead atoms. The molecule has 2 atom stereocenters. The summed E-state index contributed by atoms with van der Waals surface area (Å²) in [6.07, 6.45) is 3.32. The third-order valence-electron chi connectivity index (χ3n) is 4.50. The zero-order valence-electron chi connectivity index (χ0n) is 12.5. The molecule has 2 aromatic heterocycles. The Balaban J connectivity index is 1.93. The van der Waals surface area contributed by atoms with E-state index in [-0.39, 0.29) is 22.4 Å². The second-order valence-corrected chi connectivity index (χ2v) is 8.39. The lowest BCUT2D eigenvalue weighted by Crippen LogP contribution is -2.64. The zero-order valence-corrected chi connectivity index (χ0v) is 14.1. The average molecular weight is 344 g/mol. The van der Waals surface area contributed by atoms with Crippen LogP contribution in [0.15, 0.2) is 17.3 Å². The molecule has 120 valence electrons. The standard InChI is InChI=1S/C13H18ClN5O2S/c1-7-11(14)12-16-5-8(6-19(12)17-7)22(20,21)18-10-4-9(15)13(10,2)3/h5-6,9-10,18H,4,15H2,1-3H3. The van der Waals surface area contributed by atoms with E-state index < -0.39 is 10.0 Å². The number of hydrogen-bond acceptors (Lipinski definition) is 5. The number of rotatable bonds is 3. The number of nitrogens with one attached hydrogen (secondary N) is 1. The lowest BCUT2D eigenvalue weighted by molar-refractivity contribution is 0.0903. The van der Waals surface area contributed by atoms with Crippen molar-refractivity contribution in [1.29, 1.82) is 0 Å². The van der Waals surface area contributed by atoms with E-state index in [1.54, 1.807) is 6.92 Å². The van der Waals surface area contributed by atoms with Gasteiger partial charge in [-0.25, -0.2) is 22.6 Å². The first-order chi connectivity index (χ1) is 10.1. The van der Waals surface area contributed by atoms with Crippen molar-refractivity contribution in [2.45, 2.75) is 44.2 Å². The Morgan fingerprint density at radius 3 is 2.77 bits per heavy atom. The zero-order chi connectivity index (χ0) is 16.3. The molecule has 1 fully saturated rings. The van der Waals surface area contributed by atoms with Gasteiger partial charge in [0.15, 0.2) is 5.65 Å².